The normalized spacial score (nSPS) is 14.3. The fraction of sp³-hybridized carbons (Fsp3) is 0.105. The zero-order chi connectivity index (χ0) is 16.5. The Morgan fingerprint density at radius 3 is 2.79 bits per heavy atom. The molecule has 0 aliphatic carbocycles. The Morgan fingerprint density at radius 1 is 1.12 bits per heavy atom. The van der Waals surface area contributed by atoms with Crippen molar-refractivity contribution in [2.24, 2.45) is 4.99 Å². The third-order valence-electron chi connectivity index (χ3n) is 4.06. The zero-order valence-corrected chi connectivity index (χ0v) is 13.2. The highest BCUT2D eigenvalue weighted by Crippen LogP contribution is 2.32. The molecule has 0 unspecified atom stereocenters. The topological polar surface area (TPSA) is 63.3 Å². The van der Waals surface area contributed by atoms with E-state index in [0.29, 0.717) is 18.1 Å². The lowest BCUT2D eigenvalue weighted by atomic mass is 10.1. The van der Waals surface area contributed by atoms with E-state index in [1.165, 1.54) is 0 Å². The molecule has 1 aromatic carbocycles. The number of fused-ring (bicyclic) bond motifs is 1. The predicted molar refractivity (Wildman–Crippen MR) is 94.4 cm³/mol. The van der Waals surface area contributed by atoms with E-state index in [0.717, 1.165) is 22.5 Å². The molecule has 0 amide bonds. The number of aromatic hydroxyl groups is 1. The molecule has 5 heteroatoms. The van der Waals surface area contributed by atoms with Gasteiger partial charge in [0.05, 0.1) is 6.54 Å². The highest BCUT2D eigenvalue weighted by atomic mass is 16.3. The van der Waals surface area contributed by atoms with Crippen molar-refractivity contribution >= 4 is 23.7 Å². The molecule has 1 aliphatic heterocycles. The number of aromatic nitrogens is 3. The first-order chi connectivity index (χ1) is 11.7. The van der Waals surface area contributed by atoms with Gasteiger partial charge in [0.15, 0.2) is 5.82 Å². The maximum Gasteiger partial charge on any atom is 0.219 e. The molecule has 118 valence electrons. The molecule has 5 nitrogen and oxygen atoms in total. The van der Waals surface area contributed by atoms with Crippen LogP contribution in [0.1, 0.15) is 22.6 Å². The lowest BCUT2D eigenvalue weighted by molar-refractivity contribution is 0.421. The van der Waals surface area contributed by atoms with Gasteiger partial charge >= 0.3 is 0 Å². The molecule has 2 aromatic heterocycles. The maximum atomic E-state index is 10.6. The predicted octanol–water partition coefficient (Wildman–Crippen LogP) is 3.60. The first-order valence-corrected chi connectivity index (χ1v) is 7.73. The number of benzene rings is 1. The van der Waals surface area contributed by atoms with E-state index in [9.17, 15) is 5.11 Å². The van der Waals surface area contributed by atoms with Crippen molar-refractivity contribution in [3.63, 3.8) is 0 Å². The Labute approximate surface area is 139 Å². The summed E-state index contributed by atoms with van der Waals surface area (Å²) in [5.41, 5.74) is 3.51. The van der Waals surface area contributed by atoms with Gasteiger partial charge in [-0.15, -0.1) is 0 Å². The SMILES string of the molecule is Cc1nc(/C=C2/C=Nc3ncccc32)c(O)n1Cc1ccccc1. The van der Waals surface area contributed by atoms with Crippen molar-refractivity contribution in [1.82, 2.24) is 14.5 Å². The van der Waals surface area contributed by atoms with Crippen LogP contribution in [0.4, 0.5) is 5.82 Å². The quantitative estimate of drug-likeness (QED) is 0.803. The second-order valence-corrected chi connectivity index (χ2v) is 5.67. The molecule has 1 N–H and O–H groups in total. The second kappa shape index (κ2) is 5.77. The highest BCUT2D eigenvalue weighted by Gasteiger charge is 2.17. The summed E-state index contributed by atoms with van der Waals surface area (Å²) < 4.78 is 1.80. The van der Waals surface area contributed by atoms with Gasteiger partial charge in [-0.3, -0.25) is 4.57 Å². The van der Waals surface area contributed by atoms with E-state index < -0.39 is 0 Å². The average Bonchev–Trinajstić information content (AvgIpc) is 3.13. The maximum absolute atomic E-state index is 10.6. The van der Waals surface area contributed by atoms with E-state index in [-0.39, 0.29) is 5.88 Å². The number of hydrogen-bond acceptors (Lipinski definition) is 4. The monoisotopic (exact) mass is 316 g/mol. The van der Waals surface area contributed by atoms with E-state index in [1.54, 1.807) is 17.0 Å². The molecule has 3 aromatic rings. The summed E-state index contributed by atoms with van der Waals surface area (Å²) in [4.78, 5) is 13.0. The fourth-order valence-electron chi connectivity index (χ4n) is 2.82. The number of pyridine rings is 1. The van der Waals surface area contributed by atoms with Crippen LogP contribution in [0.2, 0.25) is 0 Å². The molecule has 4 rings (SSSR count). The van der Waals surface area contributed by atoms with Crippen LogP contribution >= 0.6 is 0 Å². The number of nitrogens with zero attached hydrogens (tertiary/aromatic N) is 4. The molecule has 0 spiro atoms. The Morgan fingerprint density at radius 2 is 1.96 bits per heavy atom. The lowest BCUT2D eigenvalue weighted by Crippen LogP contribution is -2.01. The summed E-state index contributed by atoms with van der Waals surface area (Å²) in [7, 11) is 0. The molecule has 1 aliphatic rings. The van der Waals surface area contributed by atoms with Gasteiger partial charge in [-0.2, -0.15) is 0 Å². The summed E-state index contributed by atoms with van der Waals surface area (Å²) in [5.74, 6) is 1.63. The summed E-state index contributed by atoms with van der Waals surface area (Å²) in [5, 5.41) is 10.6. The third-order valence-corrected chi connectivity index (χ3v) is 4.06. The third kappa shape index (κ3) is 2.50. The van der Waals surface area contributed by atoms with Gasteiger partial charge in [0.1, 0.15) is 11.5 Å². The number of allylic oxidation sites excluding steroid dienone is 1. The molecule has 0 atom stereocenters. The number of rotatable bonds is 3. The highest BCUT2D eigenvalue weighted by molar-refractivity contribution is 6.20. The molecule has 0 bridgehead atoms. The van der Waals surface area contributed by atoms with Crippen LogP contribution in [0.3, 0.4) is 0 Å². The standard InChI is InChI=1S/C19H16N4O/c1-13-22-17(10-15-11-21-18-16(15)8-5-9-20-18)19(24)23(13)12-14-6-3-2-4-7-14/h2-11,24H,12H2,1H3/b15-10-. The molecule has 0 fully saturated rings. The minimum absolute atomic E-state index is 0.162. The van der Waals surface area contributed by atoms with Gasteiger partial charge in [0, 0.05) is 23.5 Å². The van der Waals surface area contributed by atoms with Crippen LogP contribution in [-0.4, -0.2) is 25.9 Å². The smallest absolute Gasteiger partial charge is 0.219 e. The summed E-state index contributed by atoms with van der Waals surface area (Å²) >= 11 is 0. The molecule has 24 heavy (non-hydrogen) atoms. The largest absolute Gasteiger partial charge is 0.493 e. The molecular formula is C19H16N4O. The van der Waals surface area contributed by atoms with Crippen LogP contribution < -0.4 is 0 Å². The molecular weight excluding hydrogens is 300 g/mol. The van der Waals surface area contributed by atoms with Gasteiger partial charge in [0.2, 0.25) is 5.88 Å². The fourth-order valence-corrected chi connectivity index (χ4v) is 2.82. The Hall–Kier alpha value is -3.21. The summed E-state index contributed by atoms with van der Waals surface area (Å²) in [6, 6.07) is 13.9. The van der Waals surface area contributed by atoms with Crippen LogP contribution in [0.5, 0.6) is 5.88 Å². The van der Waals surface area contributed by atoms with Gasteiger partial charge in [-0.25, -0.2) is 15.0 Å². The molecule has 0 radical (unpaired) electrons. The molecule has 0 saturated carbocycles. The second-order valence-electron chi connectivity index (χ2n) is 5.67. The van der Waals surface area contributed by atoms with Gasteiger partial charge in [0.25, 0.3) is 0 Å². The van der Waals surface area contributed by atoms with E-state index in [2.05, 4.69) is 15.0 Å². The summed E-state index contributed by atoms with van der Waals surface area (Å²) in [6.07, 6.45) is 5.32. The lowest BCUT2D eigenvalue weighted by Gasteiger charge is -2.06. The molecule has 3 heterocycles. The number of imidazole rings is 1. The minimum Gasteiger partial charge on any atom is -0.493 e. The van der Waals surface area contributed by atoms with Crippen molar-refractivity contribution in [2.75, 3.05) is 0 Å². The number of hydrogen-bond donors (Lipinski definition) is 1. The van der Waals surface area contributed by atoms with Gasteiger partial charge < -0.3 is 5.11 Å². The Bertz CT molecular complexity index is 955. The number of aliphatic imine (C=N–C) groups is 1. The van der Waals surface area contributed by atoms with Crippen LogP contribution in [-0.2, 0) is 6.54 Å². The van der Waals surface area contributed by atoms with Crippen molar-refractivity contribution in [3.8, 4) is 5.88 Å². The summed E-state index contributed by atoms with van der Waals surface area (Å²) in [6.45, 7) is 2.48. The van der Waals surface area contributed by atoms with Gasteiger partial charge in [-0.05, 0) is 30.7 Å². The zero-order valence-electron chi connectivity index (χ0n) is 13.2. The van der Waals surface area contributed by atoms with Crippen molar-refractivity contribution in [3.05, 3.63) is 71.3 Å². The Balaban J connectivity index is 1.70. The van der Waals surface area contributed by atoms with Crippen molar-refractivity contribution in [2.45, 2.75) is 13.5 Å². The van der Waals surface area contributed by atoms with Crippen LogP contribution in [0.25, 0.3) is 11.6 Å². The van der Waals surface area contributed by atoms with E-state index in [4.69, 9.17) is 0 Å². The first kappa shape index (κ1) is 14.4. The van der Waals surface area contributed by atoms with Gasteiger partial charge in [-0.1, -0.05) is 30.3 Å². The number of aryl methyl sites for hydroxylation is 1. The van der Waals surface area contributed by atoms with E-state index in [1.807, 2.05) is 55.5 Å². The molecule has 0 saturated heterocycles. The minimum atomic E-state index is 0.162. The van der Waals surface area contributed by atoms with E-state index >= 15 is 0 Å². The van der Waals surface area contributed by atoms with Crippen molar-refractivity contribution < 1.29 is 5.11 Å². The Kier molecular flexibility index (Phi) is 3.46. The first-order valence-electron chi connectivity index (χ1n) is 7.73. The van der Waals surface area contributed by atoms with Crippen LogP contribution in [0.15, 0.2) is 53.7 Å². The van der Waals surface area contributed by atoms with Crippen LogP contribution in [0, 0.1) is 6.92 Å². The van der Waals surface area contributed by atoms with Crippen molar-refractivity contribution in [1.29, 1.82) is 0 Å². The average molecular weight is 316 g/mol.